The normalized spacial score (nSPS) is 29.3. The maximum absolute atomic E-state index is 13.2. The second-order valence-electron chi connectivity index (χ2n) is 6.48. The van der Waals surface area contributed by atoms with Gasteiger partial charge in [-0.2, -0.15) is 13.2 Å². The summed E-state index contributed by atoms with van der Waals surface area (Å²) >= 11 is 0. The molecule has 0 saturated heterocycles. The summed E-state index contributed by atoms with van der Waals surface area (Å²) < 4.78 is 74.7. The molecule has 2 aliphatic rings. The van der Waals surface area contributed by atoms with Crippen LogP contribution in [-0.4, -0.2) is 31.0 Å². The number of hydrogen-bond donors (Lipinski definition) is 0. The molecule has 2 rings (SSSR count). The first-order valence-electron chi connectivity index (χ1n) is 7.47. The van der Waals surface area contributed by atoms with Gasteiger partial charge in [-0.25, -0.2) is 8.78 Å². The van der Waals surface area contributed by atoms with Crippen LogP contribution in [-0.2, 0) is 14.3 Å². The van der Waals surface area contributed by atoms with E-state index >= 15 is 0 Å². The van der Waals surface area contributed by atoms with Crippen LogP contribution in [0.5, 0.6) is 0 Å². The van der Waals surface area contributed by atoms with Crippen molar-refractivity contribution >= 4 is 5.97 Å². The molecule has 0 aromatic carbocycles. The van der Waals surface area contributed by atoms with E-state index in [0.717, 1.165) is 0 Å². The first-order chi connectivity index (χ1) is 10.6. The van der Waals surface area contributed by atoms with Crippen LogP contribution in [0.3, 0.4) is 0 Å². The molecule has 2 bridgehead atoms. The third-order valence-electron chi connectivity index (χ3n) is 4.15. The second kappa shape index (κ2) is 6.37. The van der Waals surface area contributed by atoms with Crippen LogP contribution in [0, 0.1) is 23.7 Å². The van der Waals surface area contributed by atoms with E-state index in [2.05, 4.69) is 9.47 Å². The molecule has 2 aliphatic carbocycles. The lowest BCUT2D eigenvalue weighted by atomic mass is 9.94. The largest absolute Gasteiger partial charge is 0.462 e. The topological polar surface area (TPSA) is 35.5 Å². The number of hydrogen-bond acceptors (Lipinski definition) is 3. The summed E-state index contributed by atoms with van der Waals surface area (Å²) in [5, 5.41) is 0. The average Bonchev–Trinajstić information content (AvgIpc) is 3.03. The molecule has 1 saturated carbocycles. The molecular weight excluding hydrogens is 323 g/mol. The van der Waals surface area contributed by atoms with E-state index in [1.807, 2.05) is 6.08 Å². The van der Waals surface area contributed by atoms with Gasteiger partial charge < -0.3 is 9.47 Å². The molecule has 0 spiro atoms. The molecule has 0 radical (unpaired) electrons. The van der Waals surface area contributed by atoms with E-state index in [9.17, 15) is 26.7 Å². The summed E-state index contributed by atoms with van der Waals surface area (Å²) in [7, 11) is 0. The zero-order valence-electron chi connectivity index (χ0n) is 12.8. The molecule has 23 heavy (non-hydrogen) atoms. The van der Waals surface area contributed by atoms with Gasteiger partial charge in [0.15, 0.2) is 0 Å². The number of fused-ring (bicyclic) bond motifs is 2. The van der Waals surface area contributed by atoms with Crippen molar-refractivity contribution in [1.29, 1.82) is 0 Å². The highest BCUT2D eigenvalue weighted by Gasteiger charge is 2.67. The Kier molecular flexibility index (Phi) is 5.03. The van der Waals surface area contributed by atoms with E-state index in [4.69, 9.17) is 0 Å². The van der Waals surface area contributed by atoms with E-state index < -0.39 is 42.8 Å². The Balaban J connectivity index is 2.19. The standard InChI is InChI=1S/C15H19F5O3/c1-8(2)7-22-14(13(16)17,15(18,19)20)23-12(21)11-6-9-3-4-10(11)5-9/h3-4,8-11,13H,5-7H2,1-2H3. The molecule has 0 aromatic rings. The van der Waals surface area contributed by atoms with Gasteiger partial charge >= 0.3 is 24.4 Å². The summed E-state index contributed by atoms with van der Waals surface area (Å²) in [5.41, 5.74) is 0. The SMILES string of the molecule is CC(C)COC(OC(=O)C1CC2C=CC1C2)(C(F)F)C(F)(F)F. The Morgan fingerprint density at radius 1 is 1.22 bits per heavy atom. The first kappa shape index (κ1) is 18.2. The van der Waals surface area contributed by atoms with Crippen LogP contribution >= 0.6 is 0 Å². The molecular formula is C15H19F5O3. The summed E-state index contributed by atoms with van der Waals surface area (Å²) in [6.45, 7) is 2.41. The second-order valence-corrected chi connectivity index (χ2v) is 6.48. The van der Waals surface area contributed by atoms with Gasteiger partial charge in [-0.3, -0.25) is 4.79 Å². The molecule has 8 heteroatoms. The van der Waals surface area contributed by atoms with Gasteiger partial charge in [0.05, 0.1) is 12.5 Å². The van der Waals surface area contributed by atoms with Crippen LogP contribution < -0.4 is 0 Å². The number of alkyl halides is 5. The fourth-order valence-corrected chi connectivity index (χ4v) is 2.97. The Morgan fingerprint density at radius 3 is 2.26 bits per heavy atom. The van der Waals surface area contributed by atoms with Crippen molar-refractivity contribution in [3.63, 3.8) is 0 Å². The molecule has 1 fully saturated rings. The van der Waals surface area contributed by atoms with Crippen LogP contribution in [0.25, 0.3) is 0 Å². The first-order valence-corrected chi connectivity index (χ1v) is 7.47. The Bertz CT molecular complexity index is 474. The zero-order valence-corrected chi connectivity index (χ0v) is 12.8. The van der Waals surface area contributed by atoms with Crippen molar-refractivity contribution in [2.45, 2.75) is 45.1 Å². The summed E-state index contributed by atoms with van der Waals surface area (Å²) in [6, 6.07) is 0. The predicted molar refractivity (Wildman–Crippen MR) is 70.5 cm³/mol. The summed E-state index contributed by atoms with van der Waals surface area (Å²) in [4.78, 5) is 12.1. The molecule has 0 aromatic heterocycles. The van der Waals surface area contributed by atoms with Gasteiger partial charge in [0, 0.05) is 0 Å². The number of halogens is 5. The fourth-order valence-electron chi connectivity index (χ4n) is 2.97. The lowest BCUT2D eigenvalue weighted by molar-refractivity contribution is -0.403. The van der Waals surface area contributed by atoms with Crippen LogP contribution in [0.2, 0.25) is 0 Å². The van der Waals surface area contributed by atoms with Gasteiger partial charge in [0.1, 0.15) is 0 Å². The highest BCUT2D eigenvalue weighted by atomic mass is 19.4. The smallest absolute Gasteiger partial charge is 0.418 e. The molecule has 0 N–H and O–H groups in total. The fraction of sp³-hybridized carbons (Fsp3) is 0.800. The molecule has 0 aliphatic heterocycles. The average molecular weight is 342 g/mol. The van der Waals surface area contributed by atoms with Gasteiger partial charge in [-0.1, -0.05) is 26.0 Å². The van der Waals surface area contributed by atoms with Gasteiger partial charge in [0.2, 0.25) is 0 Å². The number of rotatable bonds is 6. The van der Waals surface area contributed by atoms with Crippen molar-refractivity contribution < 1.29 is 36.2 Å². The van der Waals surface area contributed by atoms with Crippen molar-refractivity contribution in [1.82, 2.24) is 0 Å². The van der Waals surface area contributed by atoms with Crippen molar-refractivity contribution in [2.75, 3.05) is 6.61 Å². The number of ether oxygens (including phenoxy) is 2. The minimum atomic E-state index is -5.53. The number of allylic oxidation sites excluding steroid dienone is 2. The monoisotopic (exact) mass is 342 g/mol. The molecule has 0 amide bonds. The molecule has 132 valence electrons. The molecule has 3 nitrogen and oxygen atoms in total. The van der Waals surface area contributed by atoms with Crippen molar-refractivity contribution in [2.24, 2.45) is 23.7 Å². The number of carbonyl (C=O) groups is 1. The van der Waals surface area contributed by atoms with Crippen molar-refractivity contribution in [3.05, 3.63) is 12.2 Å². The third kappa shape index (κ3) is 3.51. The maximum atomic E-state index is 13.2. The Labute approximate surface area is 130 Å². The zero-order chi connectivity index (χ0) is 17.4. The lowest BCUT2D eigenvalue weighted by Gasteiger charge is -2.35. The third-order valence-corrected chi connectivity index (χ3v) is 4.15. The van der Waals surface area contributed by atoms with E-state index in [-0.39, 0.29) is 11.8 Å². The highest BCUT2D eigenvalue weighted by Crippen LogP contribution is 2.46. The minimum Gasteiger partial charge on any atom is -0.418 e. The number of esters is 1. The van der Waals surface area contributed by atoms with Crippen molar-refractivity contribution in [3.8, 4) is 0 Å². The molecule has 4 unspecified atom stereocenters. The van der Waals surface area contributed by atoms with E-state index in [0.29, 0.717) is 12.8 Å². The lowest BCUT2D eigenvalue weighted by Crippen LogP contribution is -2.58. The predicted octanol–water partition coefficient (Wildman–Crippen LogP) is 3.94. The summed E-state index contributed by atoms with van der Waals surface area (Å²) in [6.07, 6.45) is -4.99. The van der Waals surface area contributed by atoms with E-state index in [1.165, 1.54) is 13.8 Å². The van der Waals surface area contributed by atoms with Crippen LogP contribution in [0.1, 0.15) is 26.7 Å². The molecule has 4 atom stereocenters. The summed E-state index contributed by atoms with van der Waals surface area (Å²) in [5.74, 6) is -6.89. The quantitative estimate of drug-likeness (QED) is 0.317. The van der Waals surface area contributed by atoms with Gasteiger partial charge in [-0.15, -0.1) is 0 Å². The Morgan fingerprint density at radius 2 is 1.87 bits per heavy atom. The van der Waals surface area contributed by atoms with E-state index in [1.54, 1.807) is 6.08 Å². The minimum absolute atomic E-state index is 0.0981. The van der Waals surface area contributed by atoms with Crippen LogP contribution in [0.4, 0.5) is 22.0 Å². The highest BCUT2D eigenvalue weighted by molar-refractivity contribution is 5.74. The van der Waals surface area contributed by atoms with Gasteiger partial charge in [0.25, 0.3) is 0 Å². The Hall–Kier alpha value is -1.18. The van der Waals surface area contributed by atoms with Crippen LogP contribution in [0.15, 0.2) is 12.2 Å². The number of carbonyl (C=O) groups excluding carboxylic acids is 1. The molecule has 0 heterocycles. The van der Waals surface area contributed by atoms with Gasteiger partial charge in [-0.05, 0) is 30.6 Å². The maximum Gasteiger partial charge on any atom is 0.462 e.